The van der Waals surface area contributed by atoms with E-state index in [2.05, 4.69) is 25.1 Å². The predicted octanol–water partition coefficient (Wildman–Crippen LogP) is 6.16. The molecule has 8 nitrogen and oxygen atoms in total. The van der Waals surface area contributed by atoms with E-state index in [1.54, 1.807) is 24.4 Å². The lowest BCUT2D eigenvalue weighted by atomic mass is 9.88. The van der Waals surface area contributed by atoms with Crippen LogP contribution < -0.4 is 15.0 Å². The number of phenols is 1. The lowest BCUT2D eigenvalue weighted by molar-refractivity contribution is 0.0811. The molecule has 11 heteroatoms. The third-order valence-corrected chi connectivity index (χ3v) is 11.4. The van der Waals surface area contributed by atoms with Gasteiger partial charge in [-0.15, -0.1) is 0 Å². The van der Waals surface area contributed by atoms with Gasteiger partial charge in [-0.05, 0) is 75.1 Å². The second-order valence-electron chi connectivity index (χ2n) is 13.8. The highest BCUT2D eigenvalue weighted by Gasteiger charge is 2.63. The lowest BCUT2D eigenvalue weighted by Crippen LogP contribution is -2.51. The molecule has 6 heterocycles. The third kappa shape index (κ3) is 4.32. The van der Waals surface area contributed by atoms with Crippen molar-refractivity contribution in [2.24, 2.45) is 0 Å². The number of ether oxygens (including phenoxy) is 1. The van der Waals surface area contributed by atoms with Gasteiger partial charge in [0.15, 0.2) is 5.82 Å². The summed E-state index contributed by atoms with van der Waals surface area (Å²) in [5.41, 5.74) is -1.05. The minimum absolute atomic E-state index is 0.0166. The van der Waals surface area contributed by atoms with Gasteiger partial charge >= 0.3 is 6.01 Å². The number of nitrogens with one attached hydrogen (secondary N) is 1. The van der Waals surface area contributed by atoms with Crippen molar-refractivity contribution >= 4 is 39.1 Å². The van der Waals surface area contributed by atoms with Gasteiger partial charge in [-0.1, -0.05) is 23.7 Å². The van der Waals surface area contributed by atoms with Gasteiger partial charge in [0.1, 0.15) is 35.1 Å². The zero-order chi connectivity index (χ0) is 30.5. The van der Waals surface area contributed by atoms with Crippen LogP contribution in [0.5, 0.6) is 11.8 Å². The summed E-state index contributed by atoms with van der Waals surface area (Å²) in [6.07, 6.45) is 8.53. The van der Waals surface area contributed by atoms with E-state index in [9.17, 15) is 5.11 Å². The number of fused-ring (bicyclic) bond motifs is 7. The van der Waals surface area contributed by atoms with Gasteiger partial charge in [0, 0.05) is 59.8 Å². The maximum Gasteiger partial charge on any atom is 0.319 e. The molecule has 5 fully saturated rings. The molecule has 4 saturated heterocycles. The van der Waals surface area contributed by atoms with Crippen molar-refractivity contribution in [3.63, 3.8) is 0 Å². The van der Waals surface area contributed by atoms with E-state index < -0.39 is 17.0 Å². The number of hydrogen-bond donors (Lipinski definition) is 2. The Labute approximate surface area is 264 Å². The molecule has 2 N–H and O–H groups in total. The molecule has 2 aromatic carbocycles. The van der Waals surface area contributed by atoms with Gasteiger partial charge in [0.25, 0.3) is 0 Å². The largest absolute Gasteiger partial charge is 0.508 e. The molecule has 4 aliphatic heterocycles. The van der Waals surface area contributed by atoms with E-state index >= 15 is 8.78 Å². The first-order valence-electron chi connectivity index (χ1n) is 16.2. The molecule has 0 spiro atoms. The van der Waals surface area contributed by atoms with Gasteiger partial charge in [-0.25, -0.2) is 8.78 Å². The standard InChI is InChI=1S/C34H35ClF2N6O2/c35-25-5-1-4-19-12-22(44)13-23(27(19)25)29-28(36)30-24(14-38-29)31(42-15-20-7-8-21(16-42)39-20)41-32(40-30)45-18-33-9-3-11-43(33)26-6-2-10-34(26,37)17-33/h1,4-5,12-14,20-21,26,39,44H,2-3,6-11,15-18H2. The number of benzene rings is 2. The van der Waals surface area contributed by atoms with E-state index in [0.717, 1.165) is 58.2 Å². The minimum atomic E-state index is -1.17. The van der Waals surface area contributed by atoms with Crippen molar-refractivity contribution < 1.29 is 18.6 Å². The van der Waals surface area contributed by atoms with Gasteiger partial charge in [0.2, 0.25) is 0 Å². The number of nitrogens with zero attached hydrogens (tertiary/aromatic N) is 5. The zero-order valence-electron chi connectivity index (χ0n) is 24.9. The van der Waals surface area contributed by atoms with E-state index in [1.807, 2.05) is 6.07 Å². The molecule has 9 rings (SSSR count). The summed E-state index contributed by atoms with van der Waals surface area (Å²) >= 11 is 6.59. The molecule has 5 aliphatic rings. The Morgan fingerprint density at radius 3 is 2.78 bits per heavy atom. The van der Waals surface area contributed by atoms with Gasteiger partial charge in [0.05, 0.1) is 10.9 Å². The number of phenolic OH excluding ortho intramolecular Hbond substituents is 1. The Morgan fingerprint density at radius 2 is 1.93 bits per heavy atom. The predicted molar refractivity (Wildman–Crippen MR) is 169 cm³/mol. The summed E-state index contributed by atoms with van der Waals surface area (Å²) in [6.45, 7) is 2.61. The number of piperazine rings is 1. The number of hydrogen-bond acceptors (Lipinski definition) is 8. The van der Waals surface area contributed by atoms with E-state index in [0.29, 0.717) is 57.5 Å². The van der Waals surface area contributed by atoms with Crippen LogP contribution in [-0.4, -0.2) is 80.5 Å². The van der Waals surface area contributed by atoms with Gasteiger partial charge in [-0.3, -0.25) is 9.88 Å². The highest BCUT2D eigenvalue weighted by Crippen LogP contribution is 2.55. The van der Waals surface area contributed by atoms with E-state index in [-0.39, 0.29) is 35.6 Å². The maximum atomic E-state index is 16.8. The SMILES string of the molecule is Oc1cc(-c2ncc3c(N4CC5CCC(C4)N5)nc(OCC45CCCN4C4CCCC4(F)C5)nc3c2F)c2c(Cl)cccc2c1. The molecule has 5 atom stereocenters. The molecule has 1 saturated carbocycles. The van der Waals surface area contributed by atoms with Gasteiger partial charge < -0.3 is 20.1 Å². The highest BCUT2D eigenvalue weighted by molar-refractivity contribution is 6.36. The lowest BCUT2D eigenvalue weighted by Gasteiger charge is -2.35. The molecular weight excluding hydrogens is 598 g/mol. The van der Waals surface area contributed by atoms with Crippen LogP contribution in [0.2, 0.25) is 5.02 Å². The topological polar surface area (TPSA) is 86.6 Å². The van der Waals surface area contributed by atoms with Crippen molar-refractivity contribution in [1.82, 2.24) is 25.2 Å². The van der Waals surface area contributed by atoms with Gasteiger partial charge in [-0.2, -0.15) is 9.97 Å². The Bertz CT molecular complexity index is 1850. The van der Waals surface area contributed by atoms with Crippen LogP contribution in [0.15, 0.2) is 36.5 Å². The smallest absolute Gasteiger partial charge is 0.319 e. The summed E-state index contributed by atoms with van der Waals surface area (Å²) < 4.78 is 39.2. The second kappa shape index (κ2) is 10.1. The first-order chi connectivity index (χ1) is 21.8. The molecule has 0 radical (unpaired) electrons. The van der Waals surface area contributed by atoms with Crippen molar-refractivity contribution in [3.05, 3.63) is 47.4 Å². The molecule has 4 aromatic rings. The summed E-state index contributed by atoms with van der Waals surface area (Å²) in [5, 5.41) is 16.4. The number of pyridine rings is 1. The van der Waals surface area contributed by atoms with Crippen LogP contribution in [0.25, 0.3) is 32.9 Å². The summed E-state index contributed by atoms with van der Waals surface area (Å²) in [7, 11) is 0. The molecule has 0 amide bonds. The Balaban J connectivity index is 1.15. The summed E-state index contributed by atoms with van der Waals surface area (Å²) in [5.74, 6) is -0.0574. The Kier molecular flexibility index (Phi) is 6.25. The fraction of sp³-hybridized carbons (Fsp3) is 0.500. The number of alkyl halides is 1. The molecule has 2 aromatic heterocycles. The maximum absolute atomic E-state index is 16.8. The normalized spacial score (nSPS) is 30.8. The monoisotopic (exact) mass is 632 g/mol. The highest BCUT2D eigenvalue weighted by atomic mass is 35.5. The van der Waals surface area contributed by atoms with Crippen LogP contribution in [0.4, 0.5) is 14.6 Å². The number of aromatic hydroxyl groups is 1. The third-order valence-electron chi connectivity index (χ3n) is 11.1. The molecule has 234 valence electrons. The van der Waals surface area contributed by atoms with Crippen LogP contribution in [0.1, 0.15) is 51.4 Å². The number of aromatic nitrogens is 3. The van der Waals surface area contributed by atoms with Crippen LogP contribution in [0, 0.1) is 5.82 Å². The summed E-state index contributed by atoms with van der Waals surface area (Å²) in [4.78, 5) is 18.7. The van der Waals surface area contributed by atoms with Crippen molar-refractivity contribution in [2.45, 2.75) is 80.7 Å². The second-order valence-corrected chi connectivity index (χ2v) is 14.2. The fourth-order valence-corrected chi connectivity index (χ4v) is 9.57. The quantitative estimate of drug-likeness (QED) is 0.271. The van der Waals surface area contributed by atoms with Crippen molar-refractivity contribution in [3.8, 4) is 23.0 Å². The average molecular weight is 633 g/mol. The van der Waals surface area contributed by atoms with E-state index in [4.69, 9.17) is 21.3 Å². The van der Waals surface area contributed by atoms with Crippen LogP contribution >= 0.6 is 11.6 Å². The minimum Gasteiger partial charge on any atom is -0.508 e. The number of halogens is 3. The first-order valence-corrected chi connectivity index (χ1v) is 16.6. The number of rotatable bonds is 5. The fourth-order valence-electron chi connectivity index (χ4n) is 9.28. The molecule has 45 heavy (non-hydrogen) atoms. The molecule has 5 unspecified atom stereocenters. The molecule has 2 bridgehead atoms. The Hall–Kier alpha value is -3.34. The van der Waals surface area contributed by atoms with Crippen LogP contribution in [0.3, 0.4) is 0 Å². The molecule has 1 aliphatic carbocycles. The summed E-state index contributed by atoms with van der Waals surface area (Å²) in [6, 6.07) is 9.12. The first kappa shape index (κ1) is 27.9. The Morgan fingerprint density at radius 1 is 1.09 bits per heavy atom. The van der Waals surface area contributed by atoms with Crippen molar-refractivity contribution in [1.29, 1.82) is 0 Å². The average Bonchev–Trinajstić information content (AvgIpc) is 3.74. The van der Waals surface area contributed by atoms with E-state index in [1.165, 1.54) is 6.07 Å². The zero-order valence-corrected chi connectivity index (χ0v) is 25.7. The van der Waals surface area contributed by atoms with Crippen LogP contribution in [-0.2, 0) is 0 Å². The molecular formula is C34H35ClF2N6O2. The van der Waals surface area contributed by atoms with Crippen molar-refractivity contribution in [2.75, 3.05) is 31.1 Å². The number of anilines is 1.